The second kappa shape index (κ2) is 4.32. The molecule has 6 heteroatoms. The van der Waals surface area contributed by atoms with Crippen molar-refractivity contribution < 1.29 is 17.8 Å². The summed E-state index contributed by atoms with van der Waals surface area (Å²) in [6.45, 7) is 4.43. The fraction of sp³-hybridized carbons (Fsp3) is 0.667. The quantitative estimate of drug-likeness (QED) is 0.567. The molecular weight excluding hydrogens is 218 g/mol. The van der Waals surface area contributed by atoms with Crippen molar-refractivity contribution in [1.29, 1.82) is 0 Å². The number of carbonyl (C=O) groups excluding carboxylic acids is 1. The third-order valence-corrected chi connectivity index (χ3v) is 3.21. The van der Waals surface area contributed by atoms with E-state index in [-0.39, 0.29) is 18.1 Å². The minimum Gasteiger partial charge on any atom is -0.339 e. The van der Waals surface area contributed by atoms with Crippen LogP contribution < -0.4 is 0 Å². The Balaban J connectivity index is 2.88. The zero-order valence-corrected chi connectivity index (χ0v) is 9.67. The monoisotopic (exact) mass is 233 g/mol. The van der Waals surface area contributed by atoms with Crippen LogP contribution in [-0.4, -0.2) is 42.6 Å². The Morgan fingerprint density at radius 2 is 2.07 bits per heavy atom. The van der Waals surface area contributed by atoms with Crippen molar-refractivity contribution in [2.45, 2.75) is 20.3 Å². The van der Waals surface area contributed by atoms with Crippen LogP contribution in [0.5, 0.6) is 0 Å². The van der Waals surface area contributed by atoms with Crippen LogP contribution in [0.1, 0.15) is 20.3 Å². The van der Waals surface area contributed by atoms with Gasteiger partial charge in [-0.05, 0) is 19.4 Å². The van der Waals surface area contributed by atoms with Crippen LogP contribution in [0, 0.1) is 0 Å². The largest absolute Gasteiger partial charge is 0.339 e. The Morgan fingerprint density at radius 1 is 1.47 bits per heavy atom. The molecule has 86 valence electrons. The van der Waals surface area contributed by atoms with Gasteiger partial charge >= 0.3 is 0 Å². The molecule has 15 heavy (non-hydrogen) atoms. The first-order valence-electron chi connectivity index (χ1n) is 4.74. The molecule has 0 aromatic heterocycles. The molecule has 1 aliphatic rings. The SMILES string of the molecule is CCN1CC(CS(=O)(=O)O)=C(C)CC1=O. The lowest BCUT2D eigenvalue weighted by Gasteiger charge is -2.28. The van der Waals surface area contributed by atoms with Crippen LogP contribution in [0.2, 0.25) is 0 Å². The van der Waals surface area contributed by atoms with Crippen molar-refractivity contribution in [3.8, 4) is 0 Å². The third-order valence-electron chi connectivity index (χ3n) is 2.49. The van der Waals surface area contributed by atoms with E-state index in [1.165, 1.54) is 0 Å². The summed E-state index contributed by atoms with van der Waals surface area (Å²) in [5, 5.41) is 0. The van der Waals surface area contributed by atoms with Gasteiger partial charge in [-0.15, -0.1) is 0 Å². The highest BCUT2D eigenvalue weighted by molar-refractivity contribution is 7.86. The molecule has 1 amide bonds. The number of hydrogen-bond acceptors (Lipinski definition) is 3. The second-order valence-corrected chi connectivity index (χ2v) is 5.15. The first-order chi connectivity index (χ1) is 6.83. The molecule has 0 unspecified atom stereocenters. The Kier molecular flexibility index (Phi) is 3.51. The van der Waals surface area contributed by atoms with Gasteiger partial charge in [0.05, 0.1) is 5.75 Å². The predicted molar refractivity (Wildman–Crippen MR) is 56.0 cm³/mol. The van der Waals surface area contributed by atoms with E-state index in [0.717, 1.165) is 5.57 Å². The van der Waals surface area contributed by atoms with Gasteiger partial charge in [0.25, 0.3) is 10.1 Å². The van der Waals surface area contributed by atoms with Crippen molar-refractivity contribution >= 4 is 16.0 Å². The van der Waals surface area contributed by atoms with Crippen LogP contribution >= 0.6 is 0 Å². The number of rotatable bonds is 3. The minimum atomic E-state index is -4.00. The molecular formula is C9H15NO4S. The first kappa shape index (κ1) is 12.2. The molecule has 0 atom stereocenters. The van der Waals surface area contributed by atoms with Gasteiger partial charge in [0, 0.05) is 19.5 Å². The van der Waals surface area contributed by atoms with E-state index in [1.54, 1.807) is 11.8 Å². The van der Waals surface area contributed by atoms with Crippen molar-refractivity contribution in [3.63, 3.8) is 0 Å². The molecule has 0 fully saturated rings. The Hall–Kier alpha value is -0.880. The molecule has 0 saturated heterocycles. The number of amides is 1. The smallest absolute Gasteiger partial charge is 0.268 e. The average molecular weight is 233 g/mol. The van der Waals surface area contributed by atoms with Crippen LogP contribution in [0.15, 0.2) is 11.1 Å². The summed E-state index contributed by atoms with van der Waals surface area (Å²) in [6, 6.07) is 0. The number of hydrogen-bond donors (Lipinski definition) is 1. The third kappa shape index (κ3) is 3.32. The zero-order chi connectivity index (χ0) is 11.6. The molecule has 0 aromatic carbocycles. The standard InChI is InChI=1S/C9H15NO4S/c1-3-10-5-8(6-15(12,13)14)7(2)4-9(10)11/h3-6H2,1-2H3,(H,12,13,14). The molecule has 0 radical (unpaired) electrons. The van der Waals surface area contributed by atoms with Gasteiger partial charge in [0.2, 0.25) is 5.91 Å². The van der Waals surface area contributed by atoms with Gasteiger partial charge in [0.1, 0.15) is 0 Å². The van der Waals surface area contributed by atoms with Gasteiger partial charge in [0.15, 0.2) is 0 Å². The summed E-state index contributed by atoms with van der Waals surface area (Å²) in [7, 11) is -4.00. The minimum absolute atomic E-state index is 0.00841. The molecule has 0 spiro atoms. The predicted octanol–water partition coefficient (Wildman–Crippen LogP) is 0.443. The summed E-state index contributed by atoms with van der Waals surface area (Å²) in [5.41, 5.74) is 1.38. The highest BCUT2D eigenvalue weighted by atomic mass is 32.2. The molecule has 5 nitrogen and oxygen atoms in total. The molecule has 1 N–H and O–H groups in total. The maximum atomic E-state index is 11.4. The van der Waals surface area contributed by atoms with E-state index in [1.807, 2.05) is 6.92 Å². The van der Waals surface area contributed by atoms with Gasteiger partial charge in [-0.3, -0.25) is 9.35 Å². The Bertz CT molecular complexity index is 396. The fourth-order valence-corrected chi connectivity index (χ4v) is 2.37. The number of nitrogens with zero attached hydrogens (tertiary/aromatic N) is 1. The second-order valence-electron chi connectivity index (χ2n) is 3.69. The topological polar surface area (TPSA) is 74.7 Å². The molecule has 0 aliphatic carbocycles. The van der Waals surface area contributed by atoms with Gasteiger partial charge in [-0.2, -0.15) is 8.42 Å². The van der Waals surface area contributed by atoms with Gasteiger partial charge in [-0.25, -0.2) is 0 Å². The Labute approximate surface area is 89.5 Å². The maximum Gasteiger partial charge on any atom is 0.268 e. The number of likely N-dealkylation sites (N-methyl/N-ethyl adjacent to an activating group) is 1. The van der Waals surface area contributed by atoms with Gasteiger partial charge in [-0.1, -0.05) is 5.57 Å². The lowest BCUT2D eigenvalue weighted by atomic mass is 10.0. The summed E-state index contributed by atoms with van der Waals surface area (Å²) in [6.07, 6.45) is 0.249. The van der Waals surface area contributed by atoms with Crippen LogP contribution in [0.3, 0.4) is 0 Å². The fourth-order valence-electron chi connectivity index (χ4n) is 1.59. The first-order valence-corrected chi connectivity index (χ1v) is 6.35. The van der Waals surface area contributed by atoms with Crippen molar-refractivity contribution in [2.75, 3.05) is 18.8 Å². The van der Waals surface area contributed by atoms with Crippen molar-refractivity contribution in [3.05, 3.63) is 11.1 Å². The average Bonchev–Trinajstić information content (AvgIpc) is 2.07. The van der Waals surface area contributed by atoms with Gasteiger partial charge < -0.3 is 4.90 Å². The van der Waals surface area contributed by atoms with Crippen LogP contribution in [-0.2, 0) is 14.9 Å². The van der Waals surface area contributed by atoms with Crippen molar-refractivity contribution in [1.82, 2.24) is 4.90 Å². The van der Waals surface area contributed by atoms with E-state index < -0.39 is 10.1 Å². The van der Waals surface area contributed by atoms with E-state index in [0.29, 0.717) is 18.7 Å². The van der Waals surface area contributed by atoms with E-state index in [2.05, 4.69) is 0 Å². The molecule has 0 aromatic rings. The van der Waals surface area contributed by atoms with Crippen molar-refractivity contribution in [2.24, 2.45) is 0 Å². The lowest BCUT2D eigenvalue weighted by molar-refractivity contribution is -0.130. The summed E-state index contributed by atoms with van der Waals surface area (Å²) in [4.78, 5) is 13.0. The Morgan fingerprint density at radius 3 is 2.53 bits per heavy atom. The lowest BCUT2D eigenvalue weighted by Crippen LogP contribution is -2.37. The summed E-state index contributed by atoms with van der Waals surface area (Å²) in [5.74, 6) is -0.364. The highest BCUT2D eigenvalue weighted by Crippen LogP contribution is 2.19. The summed E-state index contributed by atoms with van der Waals surface area (Å²) >= 11 is 0. The normalized spacial score (nSPS) is 18.6. The maximum absolute atomic E-state index is 11.4. The molecule has 1 aliphatic heterocycles. The van der Waals surface area contributed by atoms with E-state index in [9.17, 15) is 13.2 Å². The highest BCUT2D eigenvalue weighted by Gasteiger charge is 2.24. The zero-order valence-electron chi connectivity index (χ0n) is 8.86. The summed E-state index contributed by atoms with van der Waals surface area (Å²) < 4.78 is 30.2. The molecule has 1 rings (SSSR count). The van der Waals surface area contributed by atoms with Crippen LogP contribution in [0.25, 0.3) is 0 Å². The van der Waals surface area contributed by atoms with Crippen LogP contribution in [0.4, 0.5) is 0 Å². The molecule has 1 heterocycles. The molecule has 0 bridgehead atoms. The van der Waals surface area contributed by atoms with E-state index in [4.69, 9.17) is 4.55 Å². The van der Waals surface area contributed by atoms with E-state index >= 15 is 0 Å². The number of carbonyl (C=O) groups is 1. The molecule has 0 saturated carbocycles.